The van der Waals surface area contributed by atoms with E-state index in [9.17, 15) is 0 Å². The van der Waals surface area contributed by atoms with Gasteiger partial charge in [0.2, 0.25) is 11.8 Å². The molecule has 23 heavy (non-hydrogen) atoms. The number of nitrogens with zero attached hydrogens (tertiary/aromatic N) is 4. The van der Waals surface area contributed by atoms with Crippen molar-refractivity contribution in [3.8, 4) is 0 Å². The summed E-state index contributed by atoms with van der Waals surface area (Å²) in [6.07, 6.45) is 2.18. The minimum absolute atomic E-state index is 0.158. The van der Waals surface area contributed by atoms with E-state index < -0.39 is 0 Å². The fourth-order valence-electron chi connectivity index (χ4n) is 3.06. The van der Waals surface area contributed by atoms with E-state index in [1.165, 1.54) is 0 Å². The first-order valence-corrected chi connectivity index (χ1v) is 8.23. The van der Waals surface area contributed by atoms with Crippen LogP contribution < -0.4 is 0 Å². The fourth-order valence-corrected chi connectivity index (χ4v) is 3.06. The second-order valence-electron chi connectivity index (χ2n) is 6.11. The fraction of sp³-hybridized carbons (Fsp3) is 0.688. The number of hydrogen-bond acceptors (Lipinski definition) is 7. The molecule has 2 aromatic heterocycles. The first kappa shape index (κ1) is 16.1. The molecule has 1 saturated heterocycles. The third-order valence-electron chi connectivity index (χ3n) is 4.14. The molecule has 1 aliphatic rings. The van der Waals surface area contributed by atoms with E-state index in [0.29, 0.717) is 18.2 Å². The van der Waals surface area contributed by atoms with Crippen molar-refractivity contribution in [3.63, 3.8) is 0 Å². The molecule has 0 unspecified atom stereocenters. The van der Waals surface area contributed by atoms with E-state index in [-0.39, 0.29) is 12.2 Å². The second kappa shape index (κ2) is 6.80. The van der Waals surface area contributed by atoms with Gasteiger partial charge in [-0.25, -0.2) is 0 Å². The lowest BCUT2D eigenvalue weighted by molar-refractivity contribution is -0.0825. The highest BCUT2D eigenvalue weighted by Crippen LogP contribution is 2.25. The van der Waals surface area contributed by atoms with Gasteiger partial charge in [-0.15, -0.1) is 10.2 Å². The van der Waals surface area contributed by atoms with Gasteiger partial charge in [-0.2, -0.15) is 0 Å². The van der Waals surface area contributed by atoms with Gasteiger partial charge < -0.3 is 18.6 Å². The molecule has 0 radical (unpaired) electrons. The third kappa shape index (κ3) is 3.45. The highest BCUT2D eigenvalue weighted by Gasteiger charge is 2.29. The molecule has 3 heterocycles. The Kier molecular flexibility index (Phi) is 4.77. The molecule has 0 spiro atoms. The Morgan fingerprint density at radius 1 is 1.17 bits per heavy atom. The van der Waals surface area contributed by atoms with Crippen LogP contribution in [0.3, 0.4) is 0 Å². The summed E-state index contributed by atoms with van der Waals surface area (Å²) in [5.74, 6) is 2.02. The maximum atomic E-state index is 5.91. The van der Waals surface area contributed by atoms with Gasteiger partial charge in [0.05, 0.1) is 18.2 Å². The topological polar surface area (TPSA) is 77.4 Å². The summed E-state index contributed by atoms with van der Waals surface area (Å²) in [5.41, 5.74) is 2.03. The zero-order valence-corrected chi connectivity index (χ0v) is 14.2. The van der Waals surface area contributed by atoms with Crippen molar-refractivity contribution in [3.05, 3.63) is 28.8 Å². The normalized spacial score (nSPS) is 22.6. The average Bonchev–Trinajstić information content (AvgIpc) is 3.13. The molecule has 0 aromatic carbocycles. The summed E-state index contributed by atoms with van der Waals surface area (Å²) in [6, 6.07) is 0. The van der Waals surface area contributed by atoms with Crippen molar-refractivity contribution in [2.75, 3.05) is 20.1 Å². The largest absolute Gasteiger partial charge is 0.422 e. The van der Waals surface area contributed by atoms with Gasteiger partial charge in [-0.3, -0.25) is 0 Å². The van der Waals surface area contributed by atoms with E-state index in [1.807, 2.05) is 0 Å². The predicted octanol–water partition coefficient (Wildman–Crippen LogP) is 2.16. The molecule has 0 N–H and O–H groups in total. The van der Waals surface area contributed by atoms with Gasteiger partial charge in [0, 0.05) is 25.1 Å². The zero-order chi connectivity index (χ0) is 16.4. The van der Waals surface area contributed by atoms with Crippen LogP contribution in [0.25, 0.3) is 0 Å². The monoisotopic (exact) mass is 320 g/mol. The lowest BCUT2D eigenvalue weighted by Gasteiger charge is -2.32. The Hall–Kier alpha value is -1.73. The van der Waals surface area contributed by atoms with Gasteiger partial charge in [0.1, 0.15) is 11.9 Å². The summed E-state index contributed by atoms with van der Waals surface area (Å²) in [7, 11) is 2.07. The van der Waals surface area contributed by atoms with Crippen LogP contribution in [-0.4, -0.2) is 46.5 Å². The lowest BCUT2D eigenvalue weighted by atomic mass is 10.1. The van der Waals surface area contributed by atoms with Crippen molar-refractivity contribution in [1.29, 1.82) is 0 Å². The third-order valence-corrected chi connectivity index (χ3v) is 4.14. The lowest BCUT2D eigenvalue weighted by Crippen LogP contribution is -2.40. The Balaban J connectivity index is 1.76. The number of morpholine rings is 1. The van der Waals surface area contributed by atoms with Crippen molar-refractivity contribution < 1.29 is 13.7 Å². The highest BCUT2D eigenvalue weighted by molar-refractivity contribution is 5.26. The minimum atomic E-state index is -0.163. The molecule has 0 amide bonds. The van der Waals surface area contributed by atoms with Crippen LogP contribution in [0.15, 0.2) is 8.94 Å². The quantitative estimate of drug-likeness (QED) is 0.835. The molecule has 0 aliphatic carbocycles. The van der Waals surface area contributed by atoms with Gasteiger partial charge in [-0.05, 0) is 20.4 Å². The summed E-state index contributed by atoms with van der Waals surface area (Å²) >= 11 is 0. The predicted molar refractivity (Wildman–Crippen MR) is 83.1 cm³/mol. The van der Waals surface area contributed by atoms with E-state index in [2.05, 4.69) is 48.1 Å². The van der Waals surface area contributed by atoms with Gasteiger partial charge in [-0.1, -0.05) is 19.0 Å². The van der Waals surface area contributed by atoms with Crippen LogP contribution in [-0.2, 0) is 24.0 Å². The molecular weight excluding hydrogens is 296 g/mol. The Labute approximate surface area is 136 Å². The van der Waals surface area contributed by atoms with Crippen LogP contribution in [0.4, 0.5) is 0 Å². The molecule has 7 heteroatoms. The Morgan fingerprint density at radius 3 is 2.70 bits per heavy atom. The van der Waals surface area contributed by atoms with Crippen molar-refractivity contribution >= 4 is 0 Å². The van der Waals surface area contributed by atoms with Crippen LogP contribution in [0.1, 0.15) is 55.7 Å². The molecule has 0 bridgehead atoms. The van der Waals surface area contributed by atoms with Crippen LogP contribution in [0, 0.1) is 0 Å². The zero-order valence-electron chi connectivity index (χ0n) is 14.2. The van der Waals surface area contributed by atoms with Gasteiger partial charge >= 0.3 is 0 Å². The summed E-state index contributed by atoms with van der Waals surface area (Å²) in [4.78, 5) is 2.22. The molecule has 7 nitrogen and oxygen atoms in total. The van der Waals surface area contributed by atoms with Crippen molar-refractivity contribution in [2.24, 2.45) is 0 Å². The number of aryl methyl sites for hydroxylation is 2. The Morgan fingerprint density at radius 2 is 2.00 bits per heavy atom. The number of aromatic nitrogens is 3. The van der Waals surface area contributed by atoms with Gasteiger partial charge in [0.15, 0.2) is 0 Å². The van der Waals surface area contributed by atoms with E-state index in [0.717, 1.165) is 42.9 Å². The number of rotatable bonds is 5. The van der Waals surface area contributed by atoms with Crippen LogP contribution >= 0.6 is 0 Å². The SMILES string of the molecule is CCc1noc(CC)c1Cc1nnc([C@H]2CN(C)C[C@@H](C)O2)o1. The molecule has 1 fully saturated rings. The minimum Gasteiger partial charge on any atom is -0.422 e. The van der Waals surface area contributed by atoms with Gasteiger partial charge in [0.25, 0.3) is 0 Å². The van der Waals surface area contributed by atoms with Crippen molar-refractivity contribution in [1.82, 2.24) is 20.3 Å². The summed E-state index contributed by atoms with van der Waals surface area (Å²) in [5, 5.41) is 12.5. The molecule has 2 aromatic rings. The Bertz CT molecular complexity index is 620. The standard InChI is InChI=1S/C16H24N4O3/c1-5-12-11(13(6-2)23-19-12)7-15-17-18-16(22-15)14-9-20(4)8-10(3)21-14/h10,14H,5-9H2,1-4H3/t10-,14-/m1/s1. The molecular formula is C16H24N4O3. The first-order chi connectivity index (χ1) is 11.1. The van der Waals surface area contributed by atoms with Crippen LogP contribution in [0.2, 0.25) is 0 Å². The molecule has 126 valence electrons. The molecule has 2 atom stereocenters. The summed E-state index contributed by atoms with van der Waals surface area (Å²) < 4.78 is 17.1. The van der Waals surface area contributed by atoms with E-state index >= 15 is 0 Å². The smallest absolute Gasteiger partial charge is 0.246 e. The molecule has 1 aliphatic heterocycles. The van der Waals surface area contributed by atoms with Crippen LogP contribution in [0.5, 0.6) is 0 Å². The first-order valence-electron chi connectivity index (χ1n) is 8.23. The second-order valence-corrected chi connectivity index (χ2v) is 6.11. The molecule has 0 saturated carbocycles. The highest BCUT2D eigenvalue weighted by atomic mass is 16.5. The van der Waals surface area contributed by atoms with E-state index in [1.54, 1.807) is 0 Å². The van der Waals surface area contributed by atoms with E-state index in [4.69, 9.17) is 13.7 Å². The number of ether oxygens (including phenoxy) is 1. The average molecular weight is 320 g/mol. The maximum Gasteiger partial charge on any atom is 0.246 e. The number of likely N-dealkylation sites (N-methyl/N-ethyl adjacent to an activating group) is 1. The summed E-state index contributed by atoms with van der Waals surface area (Å²) in [6.45, 7) is 7.85. The maximum absolute atomic E-state index is 5.91. The number of hydrogen-bond donors (Lipinski definition) is 0. The van der Waals surface area contributed by atoms with Crippen molar-refractivity contribution in [2.45, 2.75) is 52.2 Å². The molecule has 3 rings (SSSR count).